The third kappa shape index (κ3) is 4.04. The van der Waals surface area contributed by atoms with Crippen LogP contribution in [0.3, 0.4) is 0 Å². The molecule has 1 N–H and O–H groups in total. The summed E-state index contributed by atoms with van der Waals surface area (Å²) in [6, 6.07) is 11.7. The van der Waals surface area contributed by atoms with Crippen LogP contribution in [0.4, 0.5) is 0 Å². The molecule has 0 bridgehead atoms. The SMILES string of the molecule is COc1ccc2cc3n(c2c1)CC(C)(C(=O)NC1CCCCCC1)N(Cc1cccnc1)C3=O. The van der Waals surface area contributed by atoms with Crippen molar-refractivity contribution in [1.29, 1.82) is 0 Å². The summed E-state index contributed by atoms with van der Waals surface area (Å²) in [6.45, 7) is 2.60. The molecule has 1 aliphatic heterocycles. The molecule has 0 saturated heterocycles. The van der Waals surface area contributed by atoms with E-state index >= 15 is 0 Å². The zero-order chi connectivity index (χ0) is 23.7. The Morgan fingerprint density at radius 2 is 1.97 bits per heavy atom. The van der Waals surface area contributed by atoms with Gasteiger partial charge in [-0.3, -0.25) is 14.6 Å². The molecule has 1 atom stereocenters. The Hall–Kier alpha value is -3.35. The molecular weight excluding hydrogens is 428 g/mol. The molecule has 1 aromatic carbocycles. The van der Waals surface area contributed by atoms with E-state index < -0.39 is 5.54 Å². The Morgan fingerprint density at radius 3 is 2.68 bits per heavy atom. The summed E-state index contributed by atoms with van der Waals surface area (Å²) in [5, 5.41) is 4.27. The van der Waals surface area contributed by atoms with E-state index in [9.17, 15) is 9.59 Å². The number of ether oxygens (including phenoxy) is 1. The molecule has 1 fully saturated rings. The number of aromatic nitrogens is 2. The number of hydrogen-bond donors (Lipinski definition) is 1. The van der Waals surface area contributed by atoms with Crippen LogP contribution in [0.2, 0.25) is 0 Å². The van der Waals surface area contributed by atoms with Gasteiger partial charge in [0.15, 0.2) is 0 Å². The largest absolute Gasteiger partial charge is 0.497 e. The molecule has 178 valence electrons. The molecule has 1 saturated carbocycles. The Morgan fingerprint density at radius 1 is 1.18 bits per heavy atom. The average Bonchev–Trinajstić information content (AvgIpc) is 3.01. The van der Waals surface area contributed by atoms with Crippen LogP contribution in [0.15, 0.2) is 48.8 Å². The predicted molar refractivity (Wildman–Crippen MR) is 131 cm³/mol. The second-order valence-corrected chi connectivity index (χ2v) is 9.73. The fourth-order valence-electron chi connectivity index (χ4n) is 5.34. The minimum atomic E-state index is -1.04. The summed E-state index contributed by atoms with van der Waals surface area (Å²) < 4.78 is 7.41. The van der Waals surface area contributed by atoms with Crippen molar-refractivity contribution in [2.75, 3.05) is 7.11 Å². The Labute approximate surface area is 200 Å². The lowest BCUT2D eigenvalue weighted by Crippen LogP contribution is -2.64. The summed E-state index contributed by atoms with van der Waals surface area (Å²) in [5.74, 6) is 0.485. The summed E-state index contributed by atoms with van der Waals surface area (Å²) >= 11 is 0. The first-order valence-electron chi connectivity index (χ1n) is 12.2. The fourth-order valence-corrected chi connectivity index (χ4v) is 5.34. The Kier molecular flexibility index (Phi) is 6.02. The van der Waals surface area contributed by atoms with Crippen molar-refractivity contribution < 1.29 is 14.3 Å². The summed E-state index contributed by atoms with van der Waals surface area (Å²) in [7, 11) is 1.63. The van der Waals surface area contributed by atoms with Gasteiger partial charge in [0.2, 0.25) is 5.91 Å². The van der Waals surface area contributed by atoms with Gasteiger partial charge in [-0.1, -0.05) is 31.7 Å². The second-order valence-electron chi connectivity index (χ2n) is 9.73. The van der Waals surface area contributed by atoms with E-state index in [2.05, 4.69) is 10.3 Å². The average molecular weight is 461 g/mol. The highest BCUT2D eigenvalue weighted by atomic mass is 16.5. The Bertz CT molecular complexity index is 1200. The summed E-state index contributed by atoms with van der Waals surface area (Å²) in [4.78, 5) is 33.7. The highest BCUT2D eigenvalue weighted by molar-refractivity contribution is 6.03. The third-order valence-corrected chi connectivity index (χ3v) is 7.38. The molecule has 5 rings (SSSR count). The van der Waals surface area contributed by atoms with Crippen LogP contribution in [-0.2, 0) is 17.9 Å². The zero-order valence-corrected chi connectivity index (χ0v) is 19.9. The number of carbonyl (C=O) groups excluding carboxylic acids is 2. The number of methoxy groups -OCH3 is 1. The maximum atomic E-state index is 13.9. The summed E-state index contributed by atoms with van der Waals surface area (Å²) in [6.07, 6.45) is 10.2. The van der Waals surface area contributed by atoms with Gasteiger partial charge in [-0.25, -0.2) is 0 Å². The van der Waals surface area contributed by atoms with Gasteiger partial charge in [0, 0.05) is 36.4 Å². The number of benzene rings is 1. The molecule has 34 heavy (non-hydrogen) atoms. The molecule has 1 aliphatic carbocycles. The van der Waals surface area contributed by atoms with Gasteiger partial charge in [-0.2, -0.15) is 0 Å². The van der Waals surface area contributed by atoms with Gasteiger partial charge in [0.1, 0.15) is 17.0 Å². The van der Waals surface area contributed by atoms with Crippen LogP contribution < -0.4 is 10.1 Å². The van der Waals surface area contributed by atoms with Crippen molar-refractivity contribution >= 4 is 22.7 Å². The predicted octanol–water partition coefficient (Wildman–Crippen LogP) is 4.30. The van der Waals surface area contributed by atoms with Crippen LogP contribution >= 0.6 is 0 Å². The first-order valence-corrected chi connectivity index (χ1v) is 12.2. The molecule has 0 radical (unpaired) electrons. The monoisotopic (exact) mass is 460 g/mol. The normalized spacial score (nSPS) is 21.2. The molecule has 2 aromatic heterocycles. The van der Waals surface area contributed by atoms with Gasteiger partial charge in [-0.15, -0.1) is 0 Å². The van der Waals surface area contributed by atoms with Gasteiger partial charge >= 0.3 is 0 Å². The van der Waals surface area contributed by atoms with Crippen molar-refractivity contribution in [2.24, 2.45) is 0 Å². The highest BCUT2D eigenvalue weighted by Crippen LogP contribution is 2.35. The molecule has 2 aliphatic rings. The molecule has 0 spiro atoms. The number of hydrogen-bond acceptors (Lipinski definition) is 4. The van der Waals surface area contributed by atoms with Crippen LogP contribution in [0, 0.1) is 0 Å². The van der Waals surface area contributed by atoms with Crippen molar-refractivity contribution in [3.05, 3.63) is 60.0 Å². The van der Waals surface area contributed by atoms with E-state index in [4.69, 9.17) is 4.74 Å². The Balaban J connectivity index is 1.55. The number of nitrogens with zero attached hydrogens (tertiary/aromatic N) is 3. The zero-order valence-electron chi connectivity index (χ0n) is 19.9. The lowest BCUT2D eigenvalue weighted by Gasteiger charge is -2.44. The molecule has 7 heteroatoms. The minimum Gasteiger partial charge on any atom is -0.497 e. The van der Waals surface area contributed by atoms with Gasteiger partial charge < -0.3 is 19.5 Å². The molecule has 7 nitrogen and oxygen atoms in total. The van der Waals surface area contributed by atoms with E-state index in [-0.39, 0.29) is 17.9 Å². The lowest BCUT2D eigenvalue weighted by molar-refractivity contribution is -0.134. The van der Waals surface area contributed by atoms with Crippen molar-refractivity contribution in [3.63, 3.8) is 0 Å². The maximum absolute atomic E-state index is 13.9. The molecule has 2 amide bonds. The van der Waals surface area contributed by atoms with Gasteiger partial charge in [-0.05, 0) is 49.6 Å². The molecule has 1 unspecified atom stereocenters. The van der Waals surface area contributed by atoms with Crippen LogP contribution in [0.1, 0.15) is 61.5 Å². The fraction of sp³-hybridized carbons (Fsp3) is 0.444. The maximum Gasteiger partial charge on any atom is 0.271 e. The van der Waals surface area contributed by atoms with Crippen LogP contribution in [-0.4, -0.2) is 45.0 Å². The standard InChI is InChI=1S/C27H32N4O3/c1-27(26(33)29-21-9-5-3-4-6-10-21)18-30-23-15-22(34-2)12-11-20(23)14-24(30)25(32)31(27)17-19-8-7-13-28-16-19/h7-8,11-16,21H,3-6,9-10,17-18H2,1-2H3,(H,29,33). The van der Waals surface area contributed by atoms with Crippen molar-refractivity contribution in [1.82, 2.24) is 19.8 Å². The second kappa shape index (κ2) is 9.12. The molecule has 3 heterocycles. The van der Waals surface area contributed by atoms with Crippen LogP contribution in [0.5, 0.6) is 5.75 Å². The highest BCUT2D eigenvalue weighted by Gasteiger charge is 2.48. The minimum absolute atomic E-state index is 0.0907. The number of fused-ring (bicyclic) bond motifs is 3. The van der Waals surface area contributed by atoms with E-state index in [0.717, 1.165) is 47.9 Å². The van der Waals surface area contributed by atoms with Gasteiger partial charge in [0.05, 0.1) is 19.2 Å². The lowest BCUT2D eigenvalue weighted by atomic mass is 9.93. The van der Waals surface area contributed by atoms with Gasteiger partial charge in [0.25, 0.3) is 5.91 Å². The topological polar surface area (TPSA) is 76.5 Å². The van der Waals surface area contributed by atoms with Crippen molar-refractivity contribution in [2.45, 2.75) is 70.1 Å². The summed E-state index contributed by atoms with van der Waals surface area (Å²) in [5.41, 5.74) is 1.35. The van der Waals surface area contributed by atoms with E-state index in [0.29, 0.717) is 18.8 Å². The van der Waals surface area contributed by atoms with Crippen molar-refractivity contribution in [3.8, 4) is 5.75 Å². The van der Waals surface area contributed by atoms with E-state index in [1.54, 1.807) is 24.4 Å². The quantitative estimate of drug-likeness (QED) is 0.576. The van der Waals surface area contributed by atoms with E-state index in [1.165, 1.54) is 12.8 Å². The third-order valence-electron chi connectivity index (χ3n) is 7.38. The van der Waals surface area contributed by atoms with Crippen LogP contribution in [0.25, 0.3) is 10.9 Å². The molecule has 3 aromatic rings. The van der Waals surface area contributed by atoms with E-state index in [1.807, 2.05) is 47.9 Å². The smallest absolute Gasteiger partial charge is 0.271 e. The number of nitrogens with one attached hydrogen (secondary N) is 1. The number of rotatable bonds is 5. The number of amides is 2. The molecular formula is C27H32N4O3. The first-order chi connectivity index (χ1) is 16.5. The number of pyridine rings is 1. The number of carbonyl (C=O) groups is 2. The first kappa shape index (κ1) is 22.4.